The number of rotatable bonds is 6. The first-order chi connectivity index (χ1) is 16.8. The summed E-state index contributed by atoms with van der Waals surface area (Å²) in [6, 6.07) is 16.6. The number of carbonyl (C=O) groups is 2. The molecule has 0 saturated heterocycles. The Hall–Kier alpha value is -3.85. The van der Waals surface area contributed by atoms with Crippen LogP contribution in [0.1, 0.15) is 12.8 Å². The van der Waals surface area contributed by atoms with E-state index in [0.29, 0.717) is 51.1 Å². The summed E-state index contributed by atoms with van der Waals surface area (Å²) in [5.74, 6) is -0.754. The van der Waals surface area contributed by atoms with Crippen LogP contribution in [0.15, 0.2) is 77.4 Å². The van der Waals surface area contributed by atoms with Crippen LogP contribution in [0.5, 0.6) is 11.5 Å². The summed E-state index contributed by atoms with van der Waals surface area (Å²) < 4.78 is 33.3. The van der Waals surface area contributed by atoms with E-state index < -0.39 is 28.9 Å². The lowest BCUT2D eigenvalue weighted by Crippen LogP contribution is -2.35. The lowest BCUT2D eigenvalue weighted by atomic mass is 10.0. The molecule has 6 nitrogen and oxygen atoms in total. The molecule has 0 atom stereocenters. The number of carbonyl (C=O) groups excluding carboxylic acids is 2. The average Bonchev–Trinajstić information content (AvgIpc) is 3.65. The van der Waals surface area contributed by atoms with Crippen molar-refractivity contribution in [3.63, 3.8) is 0 Å². The summed E-state index contributed by atoms with van der Waals surface area (Å²) in [7, 11) is 0. The maximum atomic E-state index is 14.0. The number of fused-ring (bicyclic) bond motifs is 1. The van der Waals surface area contributed by atoms with Crippen LogP contribution in [0.25, 0.3) is 10.9 Å². The van der Waals surface area contributed by atoms with Gasteiger partial charge in [-0.05, 0) is 95.5 Å². The van der Waals surface area contributed by atoms with Crippen molar-refractivity contribution in [2.75, 3.05) is 10.6 Å². The molecular formula is C26H18BrF2N3O3. The van der Waals surface area contributed by atoms with E-state index in [0.717, 1.165) is 0 Å². The fourth-order valence-corrected chi connectivity index (χ4v) is 3.99. The minimum absolute atomic E-state index is 0.314. The van der Waals surface area contributed by atoms with Gasteiger partial charge in [-0.2, -0.15) is 0 Å². The molecule has 1 aromatic heterocycles. The number of hydrogen-bond acceptors (Lipinski definition) is 4. The second-order valence-electron chi connectivity index (χ2n) is 8.22. The summed E-state index contributed by atoms with van der Waals surface area (Å²) in [5, 5.41) is 5.97. The van der Waals surface area contributed by atoms with Crippen LogP contribution < -0.4 is 15.4 Å². The Labute approximate surface area is 207 Å². The summed E-state index contributed by atoms with van der Waals surface area (Å²) >= 11 is 3.15. The molecule has 35 heavy (non-hydrogen) atoms. The topological polar surface area (TPSA) is 80.3 Å². The zero-order valence-electron chi connectivity index (χ0n) is 18.1. The second-order valence-corrected chi connectivity index (χ2v) is 9.07. The number of pyridine rings is 1. The molecule has 1 aliphatic carbocycles. The normalized spacial score (nSPS) is 13.8. The molecule has 0 aliphatic heterocycles. The summed E-state index contributed by atoms with van der Waals surface area (Å²) in [4.78, 5) is 29.8. The molecule has 0 spiro atoms. The van der Waals surface area contributed by atoms with Gasteiger partial charge in [-0.15, -0.1) is 0 Å². The van der Waals surface area contributed by atoms with Crippen molar-refractivity contribution in [3.05, 3.63) is 89.0 Å². The van der Waals surface area contributed by atoms with Gasteiger partial charge in [-0.1, -0.05) is 0 Å². The quantitative estimate of drug-likeness (QED) is 0.278. The van der Waals surface area contributed by atoms with Crippen molar-refractivity contribution in [1.29, 1.82) is 0 Å². The fourth-order valence-electron chi connectivity index (χ4n) is 3.65. The minimum atomic E-state index is -1.15. The Morgan fingerprint density at radius 1 is 0.886 bits per heavy atom. The molecule has 3 aromatic carbocycles. The molecule has 1 saturated carbocycles. The molecule has 2 amide bonds. The first kappa shape index (κ1) is 22.9. The summed E-state index contributed by atoms with van der Waals surface area (Å²) in [6.45, 7) is 0. The number of amides is 2. The van der Waals surface area contributed by atoms with E-state index in [9.17, 15) is 18.4 Å². The van der Waals surface area contributed by atoms with E-state index in [2.05, 4.69) is 31.5 Å². The highest BCUT2D eigenvalue weighted by Crippen LogP contribution is 2.47. The van der Waals surface area contributed by atoms with Crippen LogP contribution in [0, 0.1) is 17.0 Å². The zero-order valence-corrected chi connectivity index (χ0v) is 19.7. The van der Waals surface area contributed by atoms with Crippen molar-refractivity contribution in [2.45, 2.75) is 12.8 Å². The molecule has 1 fully saturated rings. The number of halogens is 3. The van der Waals surface area contributed by atoms with Crippen LogP contribution in [0.4, 0.5) is 20.2 Å². The van der Waals surface area contributed by atoms with Crippen LogP contribution in [-0.4, -0.2) is 16.8 Å². The molecule has 2 N–H and O–H groups in total. The third-order valence-corrected chi connectivity index (χ3v) is 6.41. The Morgan fingerprint density at radius 2 is 1.49 bits per heavy atom. The average molecular weight is 538 g/mol. The van der Waals surface area contributed by atoms with Gasteiger partial charge in [-0.25, -0.2) is 8.78 Å². The molecule has 176 valence electrons. The Kier molecular flexibility index (Phi) is 5.94. The van der Waals surface area contributed by atoms with Crippen LogP contribution in [0.3, 0.4) is 0 Å². The highest BCUT2D eigenvalue weighted by molar-refractivity contribution is 9.10. The molecule has 4 aromatic rings. The van der Waals surface area contributed by atoms with Gasteiger partial charge >= 0.3 is 0 Å². The summed E-state index contributed by atoms with van der Waals surface area (Å²) in [5.41, 5.74) is 0.344. The Bertz CT molecular complexity index is 1440. The third kappa shape index (κ3) is 4.72. The largest absolute Gasteiger partial charge is 0.457 e. The molecular weight excluding hydrogens is 520 g/mol. The van der Waals surface area contributed by atoms with Crippen molar-refractivity contribution in [3.8, 4) is 11.5 Å². The van der Waals surface area contributed by atoms with Crippen molar-refractivity contribution in [1.82, 2.24) is 4.98 Å². The van der Waals surface area contributed by atoms with Crippen LogP contribution in [0.2, 0.25) is 0 Å². The Balaban J connectivity index is 1.26. The van der Waals surface area contributed by atoms with Gasteiger partial charge in [0, 0.05) is 23.0 Å². The van der Waals surface area contributed by atoms with Gasteiger partial charge in [0.2, 0.25) is 11.8 Å². The van der Waals surface area contributed by atoms with E-state index in [1.165, 1.54) is 30.3 Å². The molecule has 0 unspecified atom stereocenters. The van der Waals surface area contributed by atoms with Crippen LogP contribution >= 0.6 is 15.9 Å². The number of ether oxygens (including phenoxy) is 1. The van der Waals surface area contributed by atoms with Gasteiger partial charge in [0.05, 0.1) is 9.99 Å². The minimum Gasteiger partial charge on any atom is -0.457 e. The number of anilines is 2. The highest BCUT2D eigenvalue weighted by Gasteiger charge is 2.56. The van der Waals surface area contributed by atoms with Crippen molar-refractivity contribution < 1.29 is 23.1 Å². The van der Waals surface area contributed by atoms with Crippen molar-refractivity contribution in [2.24, 2.45) is 5.41 Å². The lowest BCUT2D eigenvalue weighted by molar-refractivity contribution is -0.131. The van der Waals surface area contributed by atoms with Gasteiger partial charge in [0.15, 0.2) is 0 Å². The van der Waals surface area contributed by atoms with Crippen LogP contribution in [-0.2, 0) is 9.59 Å². The number of benzene rings is 3. The lowest BCUT2D eigenvalue weighted by Gasteiger charge is -2.16. The van der Waals surface area contributed by atoms with E-state index in [4.69, 9.17) is 4.74 Å². The number of aromatic nitrogens is 1. The molecule has 9 heteroatoms. The zero-order chi connectivity index (χ0) is 24.6. The SMILES string of the molecule is O=C(Nc1ccc(F)cc1)C1(C(=O)Nc2ccc(Oc3ccnc4cc(Br)c(F)cc34)cc2)CC1. The molecule has 1 heterocycles. The van der Waals surface area contributed by atoms with E-state index in [1.54, 1.807) is 42.6 Å². The maximum Gasteiger partial charge on any atom is 0.240 e. The van der Waals surface area contributed by atoms with Gasteiger partial charge < -0.3 is 15.4 Å². The molecule has 5 rings (SSSR count). The number of nitrogens with zero attached hydrogens (tertiary/aromatic N) is 1. The molecule has 0 radical (unpaired) electrons. The number of nitrogens with one attached hydrogen (secondary N) is 2. The van der Waals surface area contributed by atoms with E-state index >= 15 is 0 Å². The maximum absolute atomic E-state index is 14.0. The third-order valence-electron chi connectivity index (χ3n) is 5.80. The van der Waals surface area contributed by atoms with E-state index in [1.807, 2.05) is 0 Å². The predicted octanol–water partition coefficient (Wildman–Crippen LogP) is 6.43. The van der Waals surface area contributed by atoms with Crippen molar-refractivity contribution >= 4 is 50.0 Å². The Morgan fingerprint density at radius 3 is 2.09 bits per heavy atom. The highest BCUT2D eigenvalue weighted by atomic mass is 79.9. The fraction of sp³-hybridized carbons (Fsp3) is 0.115. The monoisotopic (exact) mass is 537 g/mol. The predicted molar refractivity (Wildman–Crippen MR) is 131 cm³/mol. The van der Waals surface area contributed by atoms with Gasteiger partial charge in [0.25, 0.3) is 0 Å². The molecule has 0 bridgehead atoms. The first-order valence-corrected chi connectivity index (χ1v) is 11.5. The molecule has 1 aliphatic rings. The summed E-state index contributed by atoms with van der Waals surface area (Å²) in [6.07, 6.45) is 2.42. The van der Waals surface area contributed by atoms with Gasteiger partial charge in [-0.3, -0.25) is 14.6 Å². The standard InChI is InChI=1S/C26H18BrF2N3O3/c27-20-14-22-19(13-21(20)29)23(9-12-30-22)35-18-7-5-17(6-8-18)32-25(34)26(10-11-26)24(33)31-16-3-1-15(28)2-4-16/h1-9,12-14H,10-11H2,(H,31,33)(H,32,34). The first-order valence-electron chi connectivity index (χ1n) is 10.7. The van der Waals surface area contributed by atoms with Gasteiger partial charge in [0.1, 0.15) is 28.5 Å². The smallest absolute Gasteiger partial charge is 0.240 e. The van der Waals surface area contributed by atoms with E-state index in [-0.39, 0.29) is 0 Å². The second kappa shape index (κ2) is 9.07. The number of hydrogen-bond donors (Lipinski definition) is 2.